The summed E-state index contributed by atoms with van der Waals surface area (Å²) >= 11 is 7.53. The van der Waals surface area contributed by atoms with E-state index in [-0.39, 0.29) is 11.0 Å². The van der Waals surface area contributed by atoms with Crippen LogP contribution >= 0.6 is 43.6 Å². The van der Waals surface area contributed by atoms with Crippen LogP contribution in [0.4, 0.5) is 0 Å². The summed E-state index contributed by atoms with van der Waals surface area (Å²) in [6.45, 7) is 0. The molecule has 3 aromatic rings. The van der Waals surface area contributed by atoms with Crippen LogP contribution in [0.5, 0.6) is 0 Å². The van der Waals surface area contributed by atoms with E-state index in [2.05, 4.69) is 50.6 Å². The van der Waals surface area contributed by atoms with Gasteiger partial charge in [-0.05, 0) is 31.9 Å². The van der Waals surface area contributed by atoms with E-state index in [1.165, 1.54) is 0 Å². The minimum Gasteiger partial charge on any atom is -0.476 e. The number of aromatic carboxylic acids is 2. The average Bonchev–Trinajstić information content (AvgIpc) is 2.93. The van der Waals surface area contributed by atoms with Crippen LogP contribution in [0.3, 0.4) is 0 Å². The van der Waals surface area contributed by atoms with Gasteiger partial charge in [0.25, 0.3) is 0 Å². The van der Waals surface area contributed by atoms with Crippen LogP contribution in [0.2, 0.25) is 0 Å². The second-order valence-corrected chi connectivity index (χ2v) is 5.93. The smallest absolute Gasteiger partial charge is 0.357 e. The van der Waals surface area contributed by atoms with Crippen LogP contribution in [0.1, 0.15) is 21.0 Å². The maximum absolute atomic E-state index is 11.2. The summed E-state index contributed by atoms with van der Waals surface area (Å²) in [7, 11) is 0. The predicted molar refractivity (Wildman–Crippen MR) is 79.8 cm³/mol. The third-order valence-corrected chi connectivity index (χ3v) is 4.65. The Morgan fingerprint density at radius 1 is 0.810 bits per heavy atom. The maximum atomic E-state index is 11.2. The molecule has 2 aromatic heterocycles. The van der Waals surface area contributed by atoms with E-state index in [1.54, 1.807) is 0 Å². The summed E-state index contributed by atoms with van der Waals surface area (Å²) in [6.07, 6.45) is 0. The molecule has 0 fully saturated rings. The summed E-state index contributed by atoms with van der Waals surface area (Å²) in [6, 6.07) is 0. The normalized spacial score (nSPS) is 11.1. The van der Waals surface area contributed by atoms with E-state index in [1.807, 2.05) is 0 Å². The first-order chi connectivity index (χ1) is 9.91. The Labute approximate surface area is 136 Å². The largest absolute Gasteiger partial charge is 0.476 e. The van der Waals surface area contributed by atoms with E-state index in [0.717, 1.165) is 11.7 Å². The monoisotopic (exact) mass is 432 g/mol. The molecule has 21 heavy (non-hydrogen) atoms. The van der Waals surface area contributed by atoms with Crippen molar-refractivity contribution in [2.75, 3.05) is 0 Å². The molecule has 106 valence electrons. The Morgan fingerprint density at radius 2 is 1.19 bits per heavy atom. The third-order valence-electron chi connectivity index (χ3n) is 2.62. The zero-order chi connectivity index (χ0) is 15.3. The molecule has 0 aliphatic heterocycles. The lowest BCUT2D eigenvalue weighted by Crippen LogP contribution is -2.13. The first-order valence-electron chi connectivity index (χ1n) is 5.19. The standard InChI is InChI=1S/C10H2Br2N4O4S/c11-1-3-4(2(12)6-5(1)15-21-16-6)14-8(10(19)20)7(13-3)9(17)18/h(H,17,18)(H,19,20). The predicted octanol–water partition coefficient (Wildman–Crippen LogP) is 2.56. The fourth-order valence-electron chi connectivity index (χ4n) is 1.74. The first kappa shape index (κ1) is 14.2. The highest BCUT2D eigenvalue weighted by atomic mass is 79.9. The molecule has 0 saturated carbocycles. The van der Waals surface area contributed by atoms with Crippen molar-refractivity contribution in [1.29, 1.82) is 0 Å². The fraction of sp³-hybridized carbons (Fsp3) is 0. The summed E-state index contributed by atoms with van der Waals surface area (Å²) in [5.74, 6) is -2.94. The lowest BCUT2D eigenvalue weighted by atomic mass is 10.2. The number of carboxylic acid groups (broad SMARTS) is 2. The summed E-state index contributed by atoms with van der Waals surface area (Å²) in [5.41, 5.74) is 0.116. The van der Waals surface area contributed by atoms with Crippen molar-refractivity contribution in [3.8, 4) is 0 Å². The molecule has 2 N–H and O–H groups in total. The quantitative estimate of drug-likeness (QED) is 0.631. The van der Waals surface area contributed by atoms with Gasteiger partial charge in [0, 0.05) is 0 Å². The highest BCUT2D eigenvalue weighted by molar-refractivity contribution is 9.11. The minimum atomic E-state index is -1.47. The molecule has 2 heterocycles. The molecule has 8 nitrogen and oxygen atoms in total. The van der Waals surface area contributed by atoms with Gasteiger partial charge in [-0.15, -0.1) is 0 Å². The number of aromatic nitrogens is 4. The maximum Gasteiger partial charge on any atom is 0.357 e. The highest BCUT2D eigenvalue weighted by Crippen LogP contribution is 2.36. The van der Waals surface area contributed by atoms with Crippen molar-refractivity contribution < 1.29 is 19.8 Å². The first-order valence-corrected chi connectivity index (χ1v) is 7.51. The number of carbonyl (C=O) groups is 2. The van der Waals surface area contributed by atoms with Crippen molar-refractivity contribution in [3.63, 3.8) is 0 Å². The second-order valence-electron chi connectivity index (χ2n) is 3.82. The third kappa shape index (κ3) is 2.08. The molecule has 0 bridgehead atoms. The van der Waals surface area contributed by atoms with Crippen molar-refractivity contribution in [3.05, 3.63) is 20.3 Å². The fourth-order valence-corrected chi connectivity index (χ4v) is 3.64. The van der Waals surface area contributed by atoms with Crippen molar-refractivity contribution in [2.45, 2.75) is 0 Å². The van der Waals surface area contributed by atoms with Crippen LogP contribution < -0.4 is 0 Å². The Kier molecular flexibility index (Phi) is 3.34. The number of fused-ring (bicyclic) bond motifs is 2. The molecule has 3 rings (SSSR count). The second kappa shape index (κ2) is 4.93. The van der Waals surface area contributed by atoms with Gasteiger partial charge in [-0.3, -0.25) is 0 Å². The molecule has 0 unspecified atom stereocenters. The Morgan fingerprint density at radius 3 is 1.52 bits per heavy atom. The molecule has 11 heteroatoms. The van der Waals surface area contributed by atoms with Crippen LogP contribution in [-0.2, 0) is 0 Å². The van der Waals surface area contributed by atoms with Gasteiger partial charge in [0.15, 0.2) is 11.4 Å². The van der Waals surface area contributed by atoms with Gasteiger partial charge in [-0.1, -0.05) is 0 Å². The van der Waals surface area contributed by atoms with Crippen molar-refractivity contribution in [2.24, 2.45) is 0 Å². The molecule has 1 aromatic carbocycles. The molecular formula is C10H2Br2N4O4S. The number of hydrogen-bond donors (Lipinski definition) is 2. The molecule has 0 spiro atoms. The number of rotatable bonds is 2. The number of nitrogens with zero attached hydrogens (tertiary/aromatic N) is 4. The molecular weight excluding hydrogens is 432 g/mol. The van der Waals surface area contributed by atoms with Crippen LogP contribution in [0.15, 0.2) is 8.95 Å². The van der Waals surface area contributed by atoms with Gasteiger partial charge >= 0.3 is 11.9 Å². The van der Waals surface area contributed by atoms with Crippen LogP contribution in [0.25, 0.3) is 22.1 Å². The Bertz CT molecular complexity index is 868. The molecule has 0 aliphatic rings. The van der Waals surface area contributed by atoms with Gasteiger partial charge in [-0.25, -0.2) is 19.6 Å². The van der Waals surface area contributed by atoms with Crippen LogP contribution in [-0.4, -0.2) is 40.9 Å². The molecule has 0 atom stereocenters. The summed E-state index contributed by atoms with van der Waals surface area (Å²) in [5, 5.41) is 18.2. The average molecular weight is 434 g/mol. The van der Waals surface area contributed by atoms with Gasteiger partial charge in [-0.2, -0.15) is 8.75 Å². The van der Waals surface area contributed by atoms with E-state index in [9.17, 15) is 9.59 Å². The van der Waals surface area contributed by atoms with E-state index >= 15 is 0 Å². The highest BCUT2D eigenvalue weighted by Gasteiger charge is 2.25. The zero-order valence-corrected chi connectivity index (χ0v) is 13.7. The Balaban J connectivity index is 2.56. The lowest BCUT2D eigenvalue weighted by Gasteiger charge is -2.07. The van der Waals surface area contributed by atoms with Gasteiger partial charge < -0.3 is 10.2 Å². The number of benzene rings is 1. The van der Waals surface area contributed by atoms with E-state index in [4.69, 9.17) is 10.2 Å². The van der Waals surface area contributed by atoms with Crippen LogP contribution in [0, 0.1) is 0 Å². The molecule has 0 saturated heterocycles. The zero-order valence-electron chi connectivity index (χ0n) is 9.66. The van der Waals surface area contributed by atoms with E-state index in [0.29, 0.717) is 20.0 Å². The number of carboxylic acids is 2. The Hall–Kier alpha value is -1.72. The summed E-state index contributed by atoms with van der Waals surface area (Å²) < 4.78 is 8.99. The van der Waals surface area contributed by atoms with Crippen molar-refractivity contribution >= 4 is 77.6 Å². The van der Waals surface area contributed by atoms with E-state index < -0.39 is 23.3 Å². The SMILES string of the molecule is O=C(O)c1nc2c(Br)c3nsnc3c(Br)c2nc1C(=O)O. The minimum absolute atomic E-state index is 0.199. The van der Waals surface area contributed by atoms with Gasteiger partial charge in [0.2, 0.25) is 0 Å². The van der Waals surface area contributed by atoms with Crippen molar-refractivity contribution in [1.82, 2.24) is 18.7 Å². The molecule has 0 radical (unpaired) electrons. The van der Waals surface area contributed by atoms with Gasteiger partial charge in [0.05, 0.1) is 20.7 Å². The number of halogens is 2. The lowest BCUT2D eigenvalue weighted by molar-refractivity contribution is 0.0642. The molecule has 0 aliphatic carbocycles. The topological polar surface area (TPSA) is 126 Å². The number of hydrogen-bond acceptors (Lipinski definition) is 7. The molecule has 0 amide bonds. The summed E-state index contributed by atoms with van der Waals surface area (Å²) in [4.78, 5) is 30.1. The van der Waals surface area contributed by atoms with Gasteiger partial charge in [0.1, 0.15) is 22.1 Å².